The number of amides is 1. The van der Waals surface area contributed by atoms with E-state index >= 15 is 0 Å². The summed E-state index contributed by atoms with van der Waals surface area (Å²) in [5, 5.41) is 8.90. The Hall–Kier alpha value is -1.01. The molecule has 3 nitrogen and oxygen atoms in total. The topological polar surface area (TPSA) is 40.5 Å². The summed E-state index contributed by atoms with van der Waals surface area (Å²) in [7, 11) is 1.66. The number of hydrogen-bond donors (Lipinski definition) is 1. The summed E-state index contributed by atoms with van der Waals surface area (Å²) in [6.07, 6.45) is 5.46. The predicted octanol–water partition coefficient (Wildman–Crippen LogP) is 0.239. The van der Waals surface area contributed by atoms with Gasteiger partial charge in [0.25, 0.3) is 0 Å². The molecule has 3 heteroatoms. The second-order valence-corrected chi connectivity index (χ2v) is 2.84. The lowest BCUT2D eigenvalue weighted by Crippen LogP contribution is -2.27. The van der Waals surface area contributed by atoms with Crippen LogP contribution in [0.3, 0.4) is 0 Å². The molecular formula is C9H15NO2. The number of carbonyl (C=O) groups is 1. The van der Waals surface area contributed by atoms with Gasteiger partial charge in [0, 0.05) is 13.5 Å². The molecule has 0 aromatic heterocycles. The summed E-state index contributed by atoms with van der Waals surface area (Å²) in [6, 6.07) is 0. The van der Waals surface area contributed by atoms with E-state index < -0.39 is 6.10 Å². The summed E-state index contributed by atoms with van der Waals surface area (Å²) in [6.45, 7) is 1.99. The monoisotopic (exact) mass is 169 g/mol. The molecular weight excluding hydrogens is 154 g/mol. The molecule has 0 aromatic rings. The van der Waals surface area contributed by atoms with Crippen LogP contribution in [0.25, 0.3) is 0 Å². The number of hydrogen-bond acceptors (Lipinski definition) is 2. The normalized spacial score (nSPS) is 11.8. The first-order valence-electron chi connectivity index (χ1n) is 3.93. The highest BCUT2D eigenvalue weighted by atomic mass is 16.3. The zero-order valence-electron chi connectivity index (χ0n) is 7.58. The second kappa shape index (κ2) is 5.62. The first-order valence-corrected chi connectivity index (χ1v) is 3.93. The van der Waals surface area contributed by atoms with Gasteiger partial charge in [-0.2, -0.15) is 0 Å². The molecule has 1 unspecified atom stereocenters. The molecule has 0 aliphatic carbocycles. The zero-order valence-corrected chi connectivity index (χ0v) is 7.58. The molecule has 1 atom stereocenters. The van der Waals surface area contributed by atoms with Gasteiger partial charge in [0.1, 0.15) is 0 Å². The van der Waals surface area contributed by atoms with Gasteiger partial charge in [0.15, 0.2) is 0 Å². The first kappa shape index (κ1) is 11.0. The van der Waals surface area contributed by atoms with E-state index in [1.165, 1.54) is 4.90 Å². The van der Waals surface area contributed by atoms with Gasteiger partial charge in [-0.15, -0.1) is 6.42 Å². The van der Waals surface area contributed by atoms with Gasteiger partial charge in [-0.25, -0.2) is 0 Å². The van der Waals surface area contributed by atoms with E-state index in [9.17, 15) is 4.79 Å². The zero-order chi connectivity index (χ0) is 9.56. The molecule has 1 N–H and O–H groups in total. The fraction of sp³-hybridized carbons (Fsp3) is 0.667. The number of terminal acetylenes is 1. The van der Waals surface area contributed by atoms with Gasteiger partial charge in [0.05, 0.1) is 12.6 Å². The molecule has 0 bridgehead atoms. The van der Waals surface area contributed by atoms with Gasteiger partial charge >= 0.3 is 0 Å². The summed E-state index contributed by atoms with van der Waals surface area (Å²) >= 11 is 0. The summed E-state index contributed by atoms with van der Waals surface area (Å²) in [4.78, 5) is 12.6. The number of rotatable bonds is 4. The smallest absolute Gasteiger partial charge is 0.223 e. The minimum Gasteiger partial charge on any atom is -0.393 e. The van der Waals surface area contributed by atoms with Crippen molar-refractivity contribution in [3.63, 3.8) is 0 Å². The Balaban J connectivity index is 3.66. The number of nitrogens with zero attached hydrogens (tertiary/aromatic N) is 1. The van der Waals surface area contributed by atoms with Crippen LogP contribution >= 0.6 is 0 Å². The average Bonchev–Trinajstić information content (AvgIpc) is 2.00. The van der Waals surface area contributed by atoms with Gasteiger partial charge < -0.3 is 10.0 Å². The fourth-order valence-corrected chi connectivity index (χ4v) is 0.748. The van der Waals surface area contributed by atoms with Gasteiger partial charge in [-0.1, -0.05) is 5.92 Å². The third-order valence-corrected chi connectivity index (χ3v) is 1.53. The largest absolute Gasteiger partial charge is 0.393 e. The lowest BCUT2D eigenvalue weighted by Gasteiger charge is -2.13. The average molecular weight is 169 g/mol. The fourth-order valence-electron chi connectivity index (χ4n) is 0.748. The van der Waals surface area contributed by atoms with E-state index in [0.29, 0.717) is 19.4 Å². The van der Waals surface area contributed by atoms with Crippen LogP contribution in [0.1, 0.15) is 19.8 Å². The Bertz CT molecular complexity index is 181. The lowest BCUT2D eigenvalue weighted by atomic mass is 10.2. The van der Waals surface area contributed by atoms with Crippen molar-refractivity contribution in [2.24, 2.45) is 0 Å². The predicted molar refractivity (Wildman–Crippen MR) is 47.4 cm³/mol. The van der Waals surface area contributed by atoms with Crippen LogP contribution in [0, 0.1) is 12.3 Å². The third kappa shape index (κ3) is 4.75. The summed E-state index contributed by atoms with van der Waals surface area (Å²) in [5.74, 6) is 2.36. The van der Waals surface area contributed by atoms with Crippen LogP contribution in [0.2, 0.25) is 0 Å². The maximum absolute atomic E-state index is 11.2. The van der Waals surface area contributed by atoms with E-state index in [-0.39, 0.29) is 5.91 Å². The molecule has 0 fully saturated rings. The van der Waals surface area contributed by atoms with Crippen LogP contribution in [0.15, 0.2) is 0 Å². The van der Waals surface area contributed by atoms with Crippen molar-refractivity contribution < 1.29 is 9.90 Å². The van der Waals surface area contributed by atoms with Crippen molar-refractivity contribution in [1.29, 1.82) is 0 Å². The summed E-state index contributed by atoms with van der Waals surface area (Å²) < 4.78 is 0. The van der Waals surface area contributed by atoms with Crippen molar-refractivity contribution in [3.8, 4) is 12.3 Å². The molecule has 0 saturated carbocycles. The molecule has 68 valence electrons. The van der Waals surface area contributed by atoms with Gasteiger partial charge in [-0.3, -0.25) is 4.79 Å². The van der Waals surface area contributed by atoms with Crippen molar-refractivity contribution in [2.45, 2.75) is 25.9 Å². The van der Waals surface area contributed by atoms with E-state index in [1.807, 2.05) is 0 Å². The molecule has 0 rings (SSSR count). The molecule has 1 amide bonds. The van der Waals surface area contributed by atoms with E-state index in [2.05, 4.69) is 5.92 Å². The highest BCUT2D eigenvalue weighted by Crippen LogP contribution is 1.98. The SMILES string of the molecule is C#CCN(C)C(=O)CCC(C)O. The molecule has 0 saturated heterocycles. The van der Waals surface area contributed by atoms with E-state index in [4.69, 9.17) is 11.5 Å². The van der Waals surface area contributed by atoms with Crippen molar-refractivity contribution in [1.82, 2.24) is 4.90 Å². The van der Waals surface area contributed by atoms with Crippen LogP contribution in [-0.2, 0) is 4.79 Å². The molecule has 0 spiro atoms. The van der Waals surface area contributed by atoms with Gasteiger partial charge in [-0.05, 0) is 13.3 Å². The molecule has 0 radical (unpaired) electrons. The molecule has 12 heavy (non-hydrogen) atoms. The summed E-state index contributed by atoms with van der Waals surface area (Å²) in [5.41, 5.74) is 0. The number of carbonyl (C=O) groups excluding carboxylic acids is 1. The van der Waals surface area contributed by atoms with Gasteiger partial charge in [0.2, 0.25) is 5.91 Å². The van der Waals surface area contributed by atoms with E-state index in [0.717, 1.165) is 0 Å². The van der Waals surface area contributed by atoms with Crippen LogP contribution in [-0.4, -0.2) is 35.6 Å². The second-order valence-electron chi connectivity index (χ2n) is 2.84. The number of aliphatic hydroxyl groups is 1. The molecule has 0 aliphatic heterocycles. The Morgan fingerprint density at radius 3 is 2.75 bits per heavy atom. The molecule has 0 heterocycles. The Morgan fingerprint density at radius 1 is 1.75 bits per heavy atom. The minimum absolute atomic E-state index is 0.0196. The molecule has 0 aromatic carbocycles. The van der Waals surface area contributed by atoms with E-state index in [1.54, 1.807) is 14.0 Å². The number of aliphatic hydroxyl groups excluding tert-OH is 1. The van der Waals surface area contributed by atoms with Crippen molar-refractivity contribution >= 4 is 5.91 Å². The Morgan fingerprint density at radius 2 is 2.33 bits per heavy atom. The lowest BCUT2D eigenvalue weighted by molar-refractivity contribution is -0.129. The Kier molecular flexibility index (Phi) is 5.14. The van der Waals surface area contributed by atoms with Crippen LogP contribution in [0.5, 0.6) is 0 Å². The first-order chi connectivity index (χ1) is 5.57. The quantitative estimate of drug-likeness (QED) is 0.612. The maximum atomic E-state index is 11.2. The highest BCUT2D eigenvalue weighted by Gasteiger charge is 2.07. The van der Waals surface area contributed by atoms with Crippen LogP contribution < -0.4 is 0 Å². The maximum Gasteiger partial charge on any atom is 0.223 e. The standard InChI is InChI=1S/C9H15NO2/c1-4-7-10(3)9(12)6-5-8(2)11/h1,8,11H,5-7H2,2-3H3. The van der Waals surface area contributed by atoms with Crippen molar-refractivity contribution in [2.75, 3.05) is 13.6 Å². The Labute approximate surface area is 73.4 Å². The van der Waals surface area contributed by atoms with Crippen molar-refractivity contribution in [3.05, 3.63) is 0 Å². The highest BCUT2D eigenvalue weighted by molar-refractivity contribution is 5.76. The molecule has 0 aliphatic rings. The third-order valence-electron chi connectivity index (χ3n) is 1.53. The minimum atomic E-state index is -0.423. The van der Waals surface area contributed by atoms with Crippen LogP contribution in [0.4, 0.5) is 0 Å².